The van der Waals surface area contributed by atoms with Crippen molar-refractivity contribution in [3.8, 4) is 17.1 Å². The lowest BCUT2D eigenvalue weighted by Crippen LogP contribution is -2.26. The van der Waals surface area contributed by atoms with Gasteiger partial charge in [0.1, 0.15) is 16.6 Å². The zero-order valence-corrected chi connectivity index (χ0v) is 19.9. The number of nitrogens with zero attached hydrogens (tertiary/aromatic N) is 3. The fourth-order valence-electron chi connectivity index (χ4n) is 3.75. The summed E-state index contributed by atoms with van der Waals surface area (Å²) < 4.78 is 7.39. The number of thiazole rings is 1. The fourth-order valence-corrected chi connectivity index (χ4v) is 4.55. The second-order valence-electron chi connectivity index (χ2n) is 7.79. The monoisotopic (exact) mass is 463 g/mol. The van der Waals surface area contributed by atoms with Crippen LogP contribution in [0.3, 0.4) is 0 Å². The standard InChI is InChI=1S/C24H25N5O3S/c1-13-12-33-24(25-13)14(2)26-23(31)16-10-18(27-15(3)30)21-19(11-16)28-22(29(21)4)17-8-6-7-9-20(17)32-5/h6-12,14H,1-5H3,(H,26,31)(H,27,30)/t14-/m0/s1. The lowest BCUT2D eigenvalue weighted by atomic mass is 10.1. The number of benzene rings is 2. The van der Waals surface area contributed by atoms with Crippen LogP contribution in [-0.2, 0) is 11.8 Å². The van der Waals surface area contributed by atoms with Crippen LogP contribution < -0.4 is 15.4 Å². The fraction of sp³-hybridized carbons (Fsp3) is 0.250. The van der Waals surface area contributed by atoms with Crippen molar-refractivity contribution in [1.29, 1.82) is 0 Å². The number of fused-ring (bicyclic) bond motifs is 1. The van der Waals surface area contributed by atoms with Gasteiger partial charge >= 0.3 is 0 Å². The van der Waals surface area contributed by atoms with Gasteiger partial charge in [0.15, 0.2) is 0 Å². The zero-order chi connectivity index (χ0) is 23.7. The molecule has 1 atom stereocenters. The van der Waals surface area contributed by atoms with E-state index in [-0.39, 0.29) is 17.9 Å². The molecule has 0 saturated heterocycles. The summed E-state index contributed by atoms with van der Waals surface area (Å²) >= 11 is 1.50. The minimum Gasteiger partial charge on any atom is -0.496 e. The summed E-state index contributed by atoms with van der Waals surface area (Å²) in [6.07, 6.45) is 0. The Hall–Kier alpha value is -3.72. The molecule has 0 radical (unpaired) electrons. The van der Waals surface area contributed by atoms with Gasteiger partial charge in [0.05, 0.1) is 35.4 Å². The number of methoxy groups -OCH3 is 1. The normalized spacial score (nSPS) is 11.9. The van der Waals surface area contributed by atoms with Crippen LogP contribution in [0.2, 0.25) is 0 Å². The third kappa shape index (κ3) is 4.45. The maximum Gasteiger partial charge on any atom is 0.251 e. The molecule has 2 aromatic carbocycles. The number of anilines is 1. The van der Waals surface area contributed by atoms with E-state index in [0.717, 1.165) is 16.3 Å². The van der Waals surface area contributed by atoms with E-state index < -0.39 is 0 Å². The maximum absolute atomic E-state index is 13.1. The molecule has 0 aliphatic carbocycles. The molecule has 9 heteroatoms. The van der Waals surface area contributed by atoms with Crippen LogP contribution in [0.5, 0.6) is 5.75 Å². The summed E-state index contributed by atoms with van der Waals surface area (Å²) in [5.74, 6) is 0.842. The van der Waals surface area contributed by atoms with Crippen molar-refractivity contribution in [2.75, 3.05) is 12.4 Å². The van der Waals surface area contributed by atoms with Gasteiger partial charge in [0.25, 0.3) is 5.91 Å². The van der Waals surface area contributed by atoms with Crippen LogP contribution in [0.1, 0.15) is 40.9 Å². The number of carbonyl (C=O) groups is 2. The summed E-state index contributed by atoms with van der Waals surface area (Å²) in [4.78, 5) is 34.2. The second kappa shape index (κ2) is 9.03. The molecule has 0 bridgehead atoms. The van der Waals surface area contributed by atoms with E-state index in [0.29, 0.717) is 33.9 Å². The number of rotatable bonds is 6. The SMILES string of the molecule is COc1ccccc1-c1nc2cc(C(=O)N[C@@H](C)c3nc(C)cs3)cc(NC(C)=O)c2n1C. The first-order chi connectivity index (χ1) is 15.8. The Morgan fingerprint density at radius 3 is 2.61 bits per heavy atom. The number of hydrogen-bond donors (Lipinski definition) is 2. The summed E-state index contributed by atoms with van der Waals surface area (Å²) in [5.41, 5.74) is 3.95. The van der Waals surface area contributed by atoms with Gasteiger partial charge in [-0.2, -0.15) is 0 Å². The summed E-state index contributed by atoms with van der Waals surface area (Å²) in [7, 11) is 3.48. The average Bonchev–Trinajstić information content (AvgIpc) is 3.36. The zero-order valence-electron chi connectivity index (χ0n) is 19.1. The molecule has 2 aromatic heterocycles. The second-order valence-corrected chi connectivity index (χ2v) is 8.68. The van der Waals surface area contributed by atoms with Gasteiger partial charge in [-0.15, -0.1) is 11.3 Å². The largest absolute Gasteiger partial charge is 0.496 e. The highest BCUT2D eigenvalue weighted by Crippen LogP contribution is 2.34. The summed E-state index contributed by atoms with van der Waals surface area (Å²) in [5, 5.41) is 8.61. The molecule has 0 saturated carbocycles. The number of hydrogen-bond acceptors (Lipinski definition) is 6. The van der Waals surface area contributed by atoms with Gasteiger partial charge in [-0.25, -0.2) is 9.97 Å². The maximum atomic E-state index is 13.1. The van der Waals surface area contributed by atoms with Crippen LogP contribution in [0, 0.1) is 6.92 Å². The number of amides is 2. The first kappa shape index (κ1) is 22.5. The Balaban J connectivity index is 1.79. The van der Waals surface area contributed by atoms with Crippen molar-refractivity contribution in [3.63, 3.8) is 0 Å². The lowest BCUT2D eigenvalue weighted by molar-refractivity contribution is -0.114. The van der Waals surface area contributed by atoms with Crippen LogP contribution in [0.15, 0.2) is 41.8 Å². The summed E-state index contributed by atoms with van der Waals surface area (Å²) in [6, 6.07) is 10.7. The highest BCUT2D eigenvalue weighted by Gasteiger charge is 2.21. The Morgan fingerprint density at radius 2 is 1.94 bits per heavy atom. The van der Waals surface area contributed by atoms with Crippen molar-refractivity contribution >= 4 is 39.9 Å². The minimum absolute atomic E-state index is 0.236. The third-order valence-corrected chi connectivity index (χ3v) is 6.39. The van der Waals surface area contributed by atoms with E-state index >= 15 is 0 Å². The van der Waals surface area contributed by atoms with Crippen molar-refractivity contribution < 1.29 is 14.3 Å². The number of para-hydroxylation sites is 1. The molecule has 33 heavy (non-hydrogen) atoms. The van der Waals surface area contributed by atoms with Crippen molar-refractivity contribution in [3.05, 3.63) is 58.0 Å². The smallest absolute Gasteiger partial charge is 0.251 e. The third-order valence-electron chi connectivity index (χ3n) is 5.24. The van der Waals surface area contributed by atoms with Gasteiger partial charge < -0.3 is 19.9 Å². The predicted octanol–water partition coefficient (Wildman–Crippen LogP) is 4.46. The molecule has 0 aliphatic rings. The quantitative estimate of drug-likeness (QED) is 0.440. The molecule has 2 amide bonds. The predicted molar refractivity (Wildman–Crippen MR) is 130 cm³/mol. The van der Waals surface area contributed by atoms with E-state index in [2.05, 4.69) is 15.6 Å². The number of aromatic nitrogens is 3. The van der Waals surface area contributed by atoms with Crippen molar-refractivity contribution in [2.45, 2.75) is 26.8 Å². The van der Waals surface area contributed by atoms with Gasteiger partial charge in [0, 0.05) is 30.6 Å². The number of ether oxygens (including phenoxy) is 1. The Kier molecular flexibility index (Phi) is 6.15. The first-order valence-corrected chi connectivity index (χ1v) is 11.3. The van der Waals surface area contributed by atoms with E-state index in [4.69, 9.17) is 9.72 Å². The Morgan fingerprint density at radius 1 is 1.18 bits per heavy atom. The molecule has 4 aromatic rings. The molecule has 2 N–H and O–H groups in total. The van der Waals surface area contributed by atoms with Gasteiger partial charge in [-0.1, -0.05) is 12.1 Å². The van der Waals surface area contributed by atoms with Crippen molar-refractivity contribution in [1.82, 2.24) is 19.9 Å². The molecule has 0 aliphatic heterocycles. The summed E-state index contributed by atoms with van der Waals surface area (Å²) in [6.45, 7) is 5.25. The molecule has 170 valence electrons. The lowest BCUT2D eigenvalue weighted by Gasteiger charge is -2.13. The van der Waals surface area contributed by atoms with Crippen LogP contribution >= 0.6 is 11.3 Å². The van der Waals surface area contributed by atoms with Crippen LogP contribution in [-0.4, -0.2) is 33.5 Å². The Labute approximate surface area is 195 Å². The minimum atomic E-state index is -0.270. The first-order valence-electron chi connectivity index (χ1n) is 10.4. The molecule has 2 heterocycles. The highest BCUT2D eigenvalue weighted by molar-refractivity contribution is 7.09. The van der Waals surface area contributed by atoms with E-state index in [9.17, 15) is 9.59 Å². The van der Waals surface area contributed by atoms with E-state index in [1.807, 2.05) is 55.1 Å². The van der Waals surface area contributed by atoms with E-state index in [1.54, 1.807) is 19.2 Å². The molecule has 0 unspecified atom stereocenters. The molecule has 4 rings (SSSR count). The Bertz CT molecular complexity index is 1360. The van der Waals surface area contributed by atoms with Gasteiger partial charge in [0.2, 0.25) is 5.91 Å². The van der Waals surface area contributed by atoms with Crippen molar-refractivity contribution in [2.24, 2.45) is 7.05 Å². The molecular weight excluding hydrogens is 438 g/mol. The average molecular weight is 464 g/mol. The number of aryl methyl sites for hydroxylation is 2. The molecular formula is C24H25N5O3S. The number of nitrogens with one attached hydrogen (secondary N) is 2. The van der Waals surface area contributed by atoms with Gasteiger partial charge in [-0.05, 0) is 38.1 Å². The van der Waals surface area contributed by atoms with E-state index in [1.165, 1.54) is 18.3 Å². The van der Waals surface area contributed by atoms with Gasteiger partial charge in [-0.3, -0.25) is 9.59 Å². The molecule has 0 spiro atoms. The molecule has 8 nitrogen and oxygen atoms in total. The topological polar surface area (TPSA) is 98.1 Å². The highest BCUT2D eigenvalue weighted by atomic mass is 32.1. The number of carbonyl (C=O) groups excluding carboxylic acids is 2. The number of imidazole rings is 1. The van der Waals surface area contributed by atoms with Crippen LogP contribution in [0.25, 0.3) is 22.4 Å². The molecule has 0 fully saturated rings. The van der Waals surface area contributed by atoms with Crippen LogP contribution in [0.4, 0.5) is 5.69 Å².